The van der Waals surface area contributed by atoms with Gasteiger partial charge < -0.3 is 24.1 Å². The van der Waals surface area contributed by atoms with Gasteiger partial charge in [-0.1, -0.05) is 24.3 Å². The highest BCUT2D eigenvalue weighted by Gasteiger charge is 2.23. The van der Waals surface area contributed by atoms with Gasteiger partial charge in [0.2, 0.25) is 0 Å². The van der Waals surface area contributed by atoms with Crippen LogP contribution in [0.25, 0.3) is 0 Å². The molecule has 1 saturated heterocycles. The fourth-order valence-electron chi connectivity index (χ4n) is 4.83. The first-order valence-corrected chi connectivity index (χ1v) is 15.5. The summed E-state index contributed by atoms with van der Waals surface area (Å²) < 4.78 is 23.7. The van der Waals surface area contributed by atoms with E-state index in [1.165, 1.54) is 6.07 Å². The quantitative estimate of drug-likeness (QED) is 0.305. The van der Waals surface area contributed by atoms with E-state index in [2.05, 4.69) is 37.3 Å². The van der Waals surface area contributed by atoms with Crippen molar-refractivity contribution in [3.8, 4) is 5.40 Å². The standard InChI is InChI=1S/C32H39N5O6S/c33-25-44-28-9-7-26(8-10-28)31(29-5-1-2-11-34-29)37-14-18-42-22-20-40-16-12-36(13-17-41-21-23-43-19-15-37)24-27-4-3-6-30(35-27)32(38)39/h1-11,31H,12-24H2,(H,38,39). The van der Waals surface area contributed by atoms with E-state index in [9.17, 15) is 9.90 Å². The summed E-state index contributed by atoms with van der Waals surface area (Å²) in [5, 5.41) is 20.4. The molecule has 0 amide bonds. The molecule has 0 radical (unpaired) electrons. The minimum absolute atomic E-state index is 0.0308. The lowest BCUT2D eigenvalue weighted by Gasteiger charge is -2.32. The molecule has 1 aliphatic heterocycles. The Labute approximate surface area is 262 Å². The molecule has 0 bridgehead atoms. The SMILES string of the molecule is N#CSc1ccc(C(c2ccccn2)N2CCOCCOCCN(Cc3cccc(C(=O)O)n3)CCOCCOCC2)cc1. The summed E-state index contributed by atoms with van der Waals surface area (Å²) >= 11 is 1.14. The minimum atomic E-state index is -1.04. The van der Waals surface area contributed by atoms with Crippen molar-refractivity contribution in [3.05, 3.63) is 89.5 Å². The molecule has 1 N–H and O–H groups in total. The molecular formula is C32H39N5O6S. The number of pyridine rings is 2. The lowest BCUT2D eigenvalue weighted by Crippen LogP contribution is -2.36. The van der Waals surface area contributed by atoms with Gasteiger partial charge in [-0.05, 0) is 53.7 Å². The van der Waals surface area contributed by atoms with Crippen molar-refractivity contribution in [2.24, 2.45) is 0 Å². The highest BCUT2D eigenvalue weighted by atomic mass is 32.2. The highest BCUT2D eigenvalue weighted by Crippen LogP contribution is 2.29. The third kappa shape index (κ3) is 11.3. The molecule has 0 aliphatic carbocycles. The average molecular weight is 622 g/mol. The predicted octanol–water partition coefficient (Wildman–Crippen LogP) is 3.72. The number of aromatic nitrogens is 2. The van der Waals surface area contributed by atoms with Gasteiger partial charge in [-0.2, -0.15) is 5.26 Å². The number of hydrogen-bond acceptors (Lipinski definition) is 11. The average Bonchev–Trinajstić information content (AvgIpc) is 3.04. The summed E-state index contributed by atoms with van der Waals surface area (Å²) in [4.78, 5) is 25.6. The van der Waals surface area contributed by atoms with Crippen molar-refractivity contribution >= 4 is 17.7 Å². The fraction of sp³-hybridized carbons (Fsp3) is 0.438. The number of thioether (sulfide) groups is 1. The predicted molar refractivity (Wildman–Crippen MR) is 165 cm³/mol. The first-order chi connectivity index (χ1) is 21.6. The topological polar surface area (TPSA) is 130 Å². The molecule has 1 aromatic carbocycles. The van der Waals surface area contributed by atoms with Crippen LogP contribution in [0.15, 0.2) is 71.8 Å². The molecule has 0 spiro atoms. The van der Waals surface area contributed by atoms with E-state index < -0.39 is 5.97 Å². The van der Waals surface area contributed by atoms with Crippen LogP contribution in [-0.4, -0.2) is 110 Å². The Morgan fingerprint density at radius 3 is 2.05 bits per heavy atom. The molecule has 1 unspecified atom stereocenters. The first-order valence-electron chi connectivity index (χ1n) is 14.7. The van der Waals surface area contributed by atoms with Gasteiger partial charge in [-0.25, -0.2) is 9.78 Å². The van der Waals surface area contributed by atoms with Crippen molar-refractivity contribution in [1.82, 2.24) is 19.8 Å². The molecule has 3 aromatic rings. The van der Waals surface area contributed by atoms with Crippen molar-refractivity contribution in [1.29, 1.82) is 5.26 Å². The molecular weight excluding hydrogens is 582 g/mol. The smallest absolute Gasteiger partial charge is 0.354 e. The van der Waals surface area contributed by atoms with E-state index >= 15 is 0 Å². The summed E-state index contributed by atoms with van der Waals surface area (Å²) in [5.74, 6) is -1.04. The second-order valence-corrected chi connectivity index (χ2v) is 10.9. The van der Waals surface area contributed by atoms with E-state index in [-0.39, 0.29) is 11.7 Å². The Morgan fingerprint density at radius 2 is 1.48 bits per heavy atom. The third-order valence-electron chi connectivity index (χ3n) is 7.00. The number of hydrogen-bond donors (Lipinski definition) is 1. The number of nitriles is 1. The minimum Gasteiger partial charge on any atom is -0.477 e. The van der Waals surface area contributed by atoms with E-state index in [1.54, 1.807) is 12.3 Å². The maximum Gasteiger partial charge on any atom is 0.354 e. The maximum absolute atomic E-state index is 11.3. The molecule has 234 valence electrons. The Hall–Kier alpha value is -3.41. The van der Waals surface area contributed by atoms with Gasteiger partial charge >= 0.3 is 5.97 Å². The molecule has 1 aliphatic rings. The van der Waals surface area contributed by atoms with Crippen LogP contribution in [-0.2, 0) is 25.5 Å². The maximum atomic E-state index is 11.3. The van der Waals surface area contributed by atoms with E-state index in [1.807, 2.05) is 36.4 Å². The lowest BCUT2D eigenvalue weighted by atomic mass is 10.0. The van der Waals surface area contributed by atoms with Gasteiger partial charge in [-0.3, -0.25) is 14.8 Å². The van der Waals surface area contributed by atoms with Crippen molar-refractivity contribution in [2.45, 2.75) is 17.5 Å². The summed E-state index contributed by atoms with van der Waals surface area (Å²) in [5.41, 5.74) is 2.72. The fourth-order valence-corrected chi connectivity index (χ4v) is 5.21. The van der Waals surface area contributed by atoms with Crippen LogP contribution in [0.3, 0.4) is 0 Å². The molecule has 1 fully saturated rings. The first kappa shape index (κ1) is 33.5. The van der Waals surface area contributed by atoms with Crippen LogP contribution >= 0.6 is 11.8 Å². The second kappa shape index (κ2) is 19.1. The Morgan fingerprint density at radius 1 is 0.841 bits per heavy atom. The molecule has 44 heavy (non-hydrogen) atoms. The summed E-state index contributed by atoms with van der Waals surface area (Å²) in [6.07, 6.45) is 1.80. The van der Waals surface area contributed by atoms with Gasteiger partial charge in [0.25, 0.3) is 0 Å². The normalized spacial score (nSPS) is 18.0. The van der Waals surface area contributed by atoms with E-state index in [0.717, 1.165) is 27.9 Å². The molecule has 4 rings (SSSR count). The van der Waals surface area contributed by atoms with Crippen LogP contribution in [0.1, 0.15) is 33.5 Å². The Kier molecular flexibility index (Phi) is 14.5. The van der Waals surface area contributed by atoms with Crippen LogP contribution in [0, 0.1) is 10.7 Å². The van der Waals surface area contributed by atoms with Gasteiger partial charge in [0.1, 0.15) is 11.1 Å². The van der Waals surface area contributed by atoms with Gasteiger partial charge in [0, 0.05) is 43.8 Å². The highest BCUT2D eigenvalue weighted by molar-refractivity contribution is 8.03. The number of carboxylic acids is 1. The summed E-state index contributed by atoms with van der Waals surface area (Å²) in [6, 6.07) is 18.9. The van der Waals surface area contributed by atoms with E-state index in [4.69, 9.17) is 24.2 Å². The summed E-state index contributed by atoms with van der Waals surface area (Å²) in [6.45, 7) is 6.96. The largest absolute Gasteiger partial charge is 0.477 e. The zero-order valence-electron chi connectivity index (χ0n) is 24.8. The number of ether oxygens (including phenoxy) is 4. The number of benzene rings is 1. The molecule has 12 heteroatoms. The van der Waals surface area contributed by atoms with Gasteiger partial charge in [0.15, 0.2) is 0 Å². The van der Waals surface area contributed by atoms with E-state index in [0.29, 0.717) is 91.3 Å². The van der Waals surface area contributed by atoms with Crippen molar-refractivity contribution in [2.75, 3.05) is 79.0 Å². The Balaban J connectivity index is 1.36. The third-order valence-corrected chi connectivity index (χ3v) is 7.60. The number of aromatic carboxylic acids is 1. The second-order valence-electron chi connectivity index (χ2n) is 10.0. The van der Waals surface area contributed by atoms with Crippen molar-refractivity contribution in [3.63, 3.8) is 0 Å². The van der Waals surface area contributed by atoms with Crippen molar-refractivity contribution < 1.29 is 28.8 Å². The van der Waals surface area contributed by atoms with Gasteiger partial charge in [0.05, 0.1) is 70.3 Å². The molecule has 2 aromatic heterocycles. The van der Waals surface area contributed by atoms with Crippen LogP contribution < -0.4 is 0 Å². The molecule has 1 atom stereocenters. The lowest BCUT2D eigenvalue weighted by molar-refractivity contribution is 0.00332. The Bertz CT molecular complexity index is 1290. The zero-order chi connectivity index (χ0) is 30.8. The molecule has 11 nitrogen and oxygen atoms in total. The number of carbonyl (C=O) groups is 1. The molecule has 3 heterocycles. The van der Waals surface area contributed by atoms with Crippen LogP contribution in [0.5, 0.6) is 0 Å². The summed E-state index contributed by atoms with van der Waals surface area (Å²) in [7, 11) is 0. The van der Waals surface area contributed by atoms with Crippen LogP contribution in [0.2, 0.25) is 0 Å². The number of thiocyanates is 1. The number of rotatable bonds is 7. The van der Waals surface area contributed by atoms with Crippen LogP contribution in [0.4, 0.5) is 0 Å². The number of carboxylic acid groups (broad SMARTS) is 1. The molecule has 0 saturated carbocycles. The monoisotopic (exact) mass is 621 g/mol. The zero-order valence-corrected chi connectivity index (χ0v) is 25.6. The van der Waals surface area contributed by atoms with Gasteiger partial charge in [-0.15, -0.1) is 0 Å². The number of nitrogens with zero attached hydrogens (tertiary/aromatic N) is 5.